The molecule has 1 aromatic rings. The van der Waals surface area contributed by atoms with Crippen LogP contribution in [0.1, 0.15) is 19.3 Å². The molecule has 0 aliphatic carbocycles. The summed E-state index contributed by atoms with van der Waals surface area (Å²) in [5.74, 6) is -0.145. The second-order valence-corrected chi connectivity index (χ2v) is 4.33. The maximum absolute atomic E-state index is 12.9. The van der Waals surface area contributed by atoms with Crippen molar-refractivity contribution in [2.24, 2.45) is 0 Å². The Hall–Kier alpha value is -1.10. The van der Waals surface area contributed by atoms with Gasteiger partial charge in [-0.25, -0.2) is 4.39 Å². The molecule has 0 aliphatic heterocycles. The molecule has 0 heterocycles. The normalized spacial score (nSPS) is 10.1. The van der Waals surface area contributed by atoms with Crippen LogP contribution in [0, 0.1) is 5.82 Å². The summed E-state index contributed by atoms with van der Waals surface area (Å²) in [5.41, 5.74) is 0.498. The maximum atomic E-state index is 12.9. The third kappa shape index (κ3) is 4.73. The number of methoxy groups -OCH3 is 1. The van der Waals surface area contributed by atoms with Gasteiger partial charge in [-0.15, -0.1) is 0 Å². The smallest absolute Gasteiger partial charge is 0.224 e. The lowest BCUT2D eigenvalue weighted by Crippen LogP contribution is -2.12. The predicted molar refractivity (Wildman–Crippen MR) is 69.2 cm³/mol. The van der Waals surface area contributed by atoms with Gasteiger partial charge in [-0.3, -0.25) is 4.79 Å². The van der Waals surface area contributed by atoms with E-state index >= 15 is 0 Å². The van der Waals surface area contributed by atoms with E-state index in [4.69, 9.17) is 4.74 Å². The number of anilines is 1. The highest BCUT2D eigenvalue weighted by atomic mass is 79.9. The van der Waals surface area contributed by atoms with Crippen molar-refractivity contribution in [3.63, 3.8) is 0 Å². The molecule has 0 fully saturated rings. The Balaban J connectivity index is 2.58. The molecule has 17 heavy (non-hydrogen) atoms. The van der Waals surface area contributed by atoms with Crippen molar-refractivity contribution in [3.05, 3.63) is 24.0 Å². The van der Waals surface area contributed by atoms with Crippen molar-refractivity contribution >= 4 is 27.5 Å². The van der Waals surface area contributed by atoms with E-state index in [1.807, 2.05) is 0 Å². The van der Waals surface area contributed by atoms with Gasteiger partial charge < -0.3 is 10.1 Å². The summed E-state index contributed by atoms with van der Waals surface area (Å²) in [7, 11) is 1.44. The quantitative estimate of drug-likeness (QED) is 0.646. The van der Waals surface area contributed by atoms with Crippen molar-refractivity contribution in [3.8, 4) is 5.75 Å². The van der Waals surface area contributed by atoms with Crippen molar-refractivity contribution < 1.29 is 13.9 Å². The van der Waals surface area contributed by atoms with Crippen LogP contribution in [-0.2, 0) is 4.79 Å². The van der Waals surface area contributed by atoms with Gasteiger partial charge in [-0.1, -0.05) is 15.9 Å². The van der Waals surface area contributed by atoms with Gasteiger partial charge >= 0.3 is 0 Å². The fourth-order valence-corrected chi connectivity index (χ4v) is 1.76. The number of halogens is 2. The number of alkyl halides is 1. The number of carbonyl (C=O) groups is 1. The average Bonchev–Trinajstić information content (AvgIpc) is 2.32. The number of nitrogens with one attached hydrogen (secondary N) is 1. The SMILES string of the molecule is COc1cc(F)ccc1NC(=O)CCCCBr. The first-order chi connectivity index (χ1) is 8.17. The lowest BCUT2D eigenvalue weighted by molar-refractivity contribution is -0.116. The summed E-state index contributed by atoms with van der Waals surface area (Å²) in [4.78, 5) is 11.6. The van der Waals surface area contributed by atoms with Crippen LogP contribution in [-0.4, -0.2) is 18.3 Å². The second kappa shape index (κ2) is 7.27. The van der Waals surface area contributed by atoms with Gasteiger partial charge in [-0.05, 0) is 25.0 Å². The first-order valence-electron chi connectivity index (χ1n) is 5.36. The average molecular weight is 304 g/mol. The van der Waals surface area contributed by atoms with Gasteiger partial charge in [0.1, 0.15) is 11.6 Å². The lowest BCUT2D eigenvalue weighted by atomic mass is 10.2. The largest absolute Gasteiger partial charge is 0.494 e. The fourth-order valence-electron chi connectivity index (χ4n) is 1.36. The first-order valence-corrected chi connectivity index (χ1v) is 6.49. The summed E-state index contributed by atoms with van der Waals surface area (Å²) in [6, 6.07) is 4.03. The molecule has 1 amide bonds. The van der Waals surface area contributed by atoms with Crippen molar-refractivity contribution in [1.29, 1.82) is 0 Å². The molecular formula is C12H15BrFNO2. The number of hydrogen-bond donors (Lipinski definition) is 1. The summed E-state index contributed by atoms with van der Waals surface area (Å²) in [6.45, 7) is 0. The molecule has 0 bridgehead atoms. The molecule has 1 aromatic carbocycles. The van der Waals surface area contributed by atoms with E-state index in [0.717, 1.165) is 18.2 Å². The van der Waals surface area contributed by atoms with Gasteiger partial charge in [0.2, 0.25) is 5.91 Å². The van der Waals surface area contributed by atoms with Gasteiger partial charge in [0.25, 0.3) is 0 Å². The topological polar surface area (TPSA) is 38.3 Å². The van der Waals surface area contributed by atoms with Crippen LogP contribution < -0.4 is 10.1 Å². The zero-order valence-corrected chi connectivity index (χ0v) is 11.2. The van der Waals surface area contributed by atoms with Gasteiger partial charge in [-0.2, -0.15) is 0 Å². The molecule has 0 spiro atoms. The van der Waals surface area contributed by atoms with E-state index in [9.17, 15) is 9.18 Å². The number of amides is 1. The minimum absolute atomic E-state index is 0.0872. The summed E-state index contributed by atoms with van der Waals surface area (Å²) in [6.07, 6.45) is 2.22. The van der Waals surface area contributed by atoms with Crippen molar-refractivity contribution in [2.75, 3.05) is 17.8 Å². The van der Waals surface area contributed by atoms with Crippen LogP contribution in [0.3, 0.4) is 0 Å². The molecule has 94 valence electrons. The molecule has 0 unspecified atom stereocenters. The standard InChI is InChI=1S/C12H15BrFNO2/c1-17-11-8-9(14)5-6-10(11)15-12(16)4-2-3-7-13/h5-6,8H,2-4,7H2,1H3,(H,15,16). The highest BCUT2D eigenvalue weighted by molar-refractivity contribution is 9.09. The Morgan fingerprint density at radius 2 is 2.24 bits per heavy atom. The Morgan fingerprint density at radius 1 is 1.47 bits per heavy atom. The molecular weight excluding hydrogens is 289 g/mol. The summed E-state index contributed by atoms with van der Waals surface area (Å²) in [5, 5.41) is 3.59. The highest BCUT2D eigenvalue weighted by Gasteiger charge is 2.08. The Kier molecular flexibility index (Phi) is 5.97. The van der Waals surface area contributed by atoms with E-state index in [1.54, 1.807) is 0 Å². The molecule has 0 atom stereocenters. The highest BCUT2D eigenvalue weighted by Crippen LogP contribution is 2.25. The molecule has 5 heteroatoms. The third-order valence-corrected chi connectivity index (χ3v) is 2.79. The molecule has 1 rings (SSSR count). The Bertz CT molecular complexity index is 385. The van der Waals surface area contributed by atoms with E-state index in [2.05, 4.69) is 21.2 Å². The molecule has 1 N–H and O–H groups in total. The minimum atomic E-state index is -0.390. The van der Waals surface area contributed by atoms with Gasteiger partial charge in [0, 0.05) is 17.8 Å². The number of ether oxygens (including phenoxy) is 1. The summed E-state index contributed by atoms with van der Waals surface area (Å²) >= 11 is 3.30. The molecule has 0 aromatic heterocycles. The number of unbranched alkanes of at least 4 members (excludes halogenated alkanes) is 1. The lowest BCUT2D eigenvalue weighted by Gasteiger charge is -2.09. The number of rotatable bonds is 6. The molecule has 0 saturated carbocycles. The fraction of sp³-hybridized carbons (Fsp3) is 0.417. The van der Waals surface area contributed by atoms with E-state index in [1.165, 1.54) is 25.3 Å². The first kappa shape index (κ1) is 14.0. The second-order valence-electron chi connectivity index (χ2n) is 3.54. The molecule has 0 aliphatic rings. The Morgan fingerprint density at radius 3 is 2.88 bits per heavy atom. The van der Waals surface area contributed by atoms with Crippen LogP contribution in [0.4, 0.5) is 10.1 Å². The molecule has 0 radical (unpaired) electrons. The maximum Gasteiger partial charge on any atom is 0.224 e. The molecule has 3 nitrogen and oxygen atoms in total. The van der Waals surface area contributed by atoms with E-state index < -0.39 is 0 Å². The van der Waals surface area contributed by atoms with Crippen LogP contribution >= 0.6 is 15.9 Å². The minimum Gasteiger partial charge on any atom is -0.494 e. The van der Waals surface area contributed by atoms with Crippen LogP contribution in [0.25, 0.3) is 0 Å². The number of carbonyl (C=O) groups excluding carboxylic acids is 1. The van der Waals surface area contributed by atoms with Crippen LogP contribution in [0.2, 0.25) is 0 Å². The zero-order chi connectivity index (χ0) is 12.7. The number of benzene rings is 1. The van der Waals surface area contributed by atoms with Gasteiger partial charge in [0.05, 0.1) is 12.8 Å². The molecule has 0 saturated heterocycles. The summed E-state index contributed by atoms with van der Waals surface area (Å²) < 4.78 is 17.9. The monoisotopic (exact) mass is 303 g/mol. The predicted octanol–water partition coefficient (Wildman–Crippen LogP) is 3.34. The third-order valence-electron chi connectivity index (χ3n) is 2.23. The Labute approximate surface area is 108 Å². The van der Waals surface area contributed by atoms with Crippen molar-refractivity contribution in [1.82, 2.24) is 0 Å². The van der Waals surface area contributed by atoms with Crippen LogP contribution in [0.15, 0.2) is 18.2 Å². The van der Waals surface area contributed by atoms with Crippen LogP contribution in [0.5, 0.6) is 5.75 Å². The van der Waals surface area contributed by atoms with Gasteiger partial charge in [0.15, 0.2) is 0 Å². The zero-order valence-electron chi connectivity index (χ0n) is 9.63. The van der Waals surface area contributed by atoms with E-state index in [0.29, 0.717) is 17.9 Å². The van der Waals surface area contributed by atoms with Crippen molar-refractivity contribution in [2.45, 2.75) is 19.3 Å². The number of hydrogen-bond acceptors (Lipinski definition) is 2. The van der Waals surface area contributed by atoms with E-state index in [-0.39, 0.29) is 11.7 Å².